The van der Waals surface area contributed by atoms with Crippen LogP contribution in [0.25, 0.3) is 22.3 Å². The molecule has 136 valence electrons. The molecule has 0 amide bonds. The normalized spacial score (nSPS) is 14.7. The fourth-order valence-corrected chi connectivity index (χ4v) is 3.43. The molecule has 0 spiro atoms. The smallest absolute Gasteiger partial charge is 0.227 e. The third-order valence-electron chi connectivity index (χ3n) is 4.91. The average molecular weight is 361 g/mol. The van der Waals surface area contributed by atoms with Crippen molar-refractivity contribution in [3.8, 4) is 0 Å². The number of hydrogen-bond acceptors (Lipinski definition) is 6. The van der Waals surface area contributed by atoms with Gasteiger partial charge in [0.05, 0.1) is 36.8 Å². The lowest BCUT2D eigenvalue weighted by atomic mass is 10.0. The lowest BCUT2D eigenvalue weighted by Gasteiger charge is -2.13. The van der Waals surface area contributed by atoms with Crippen LogP contribution < -0.4 is 5.32 Å². The quantitative estimate of drug-likeness (QED) is 0.604. The summed E-state index contributed by atoms with van der Waals surface area (Å²) in [5, 5.41) is 7.51. The van der Waals surface area contributed by atoms with Gasteiger partial charge in [-0.05, 0) is 30.5 Å². The lowest BCUT2D eigenvalue weighted by molar-refractivity contribution is 0.161. The zero-order chi connectivity index (χ0) is 18.4. The highest BCUT2D eigenvalue weighted by Crippen LogP contribution is 2.30. The van der Waals surface area contributed by atoms with Crippen LogP contribution in [-0.4, -0.2) is 42.3 Å². The molecule has 1 aliphatic heterocycles. The van der Waals surface area contributed by atoms with E-state index in [4.69, 9.17) is 9.72 Å². The molecule has 0 aliphatic carbocycles. The standard InChI is InChI=1S/C19H19N7O/c1-12-7-17-21-11-22-26(17)10-15(12)23-19-20-8-16-18(24-19)14(9-25(16)2)13-3-5-27-6-4-13/h3,7-11H,4-6H2,1-2H3,(H,20,23,24). The summed E-state index contributed by atoms with van der Waals surface area (Å²) < 4.78 is 9.24. The topological polar surface area (TPSA) is 82.2 Å². The third kappa shape index (κ3) is 2.74. The minimum absolute atomic E-state index is 0.560. The van der Waals surface area contributed by atoms with E-state index in [0.29, 0.717) is 12.6 Å². The molecule has 0 unspecified atom stereocenters. The van der Waals surface area contributed by atoms with E-state index in [1.807, 2.05) is 32.4 Å². The first kappa shape index (κ1) is 16.0. The number of hydrogen-bond donors (Lipinski definition) is 1. The fourth-order valence-electron chi connectivity index (χ4n) is 3.43. The summed E-state index contributed by atoms with van der Waals surface area (Å²) in [5.74, 6) is 0.560. The summed E-state index contributed by atoms with van der Waals surface area (Å²) in [6, 6.07) is 1.98. The van der Waals surface area contributed by atoms with Crippen LogP contribution in [0.1, 0.15) is 17.5 Å². The van der Waals surface area contributed by atoms with E-state index in [-0.39, 0.29) is 0 Å². The van der Waals surface area contributed by atoms with Crippen LogP contribution >= 0.6 is 0 Å². The Morgan fingerprint density at radius 1 is 1.22 bits per heavy atom. The van der Waals surface area contributed by atoms with Gasteiger partial charge in [-0.2, -0.15) is 5.10 Å². The van der Waals surface area contributed by atoms with E-state index in [1.54, 1.807) is 10.8 Å². The van der Waals surface area contributed by atoms with Gasteiger partial charge >= 0.3 is 0 Å². The largest absolute Gasteiger partial charge is 0.377 e. The number of aromatic nitrogens is 6. The Balaban J connectivity index is 1.57. The highest BCUT2D eigenvalue weighted by molar-refractivity contribution is 5.90. The van der Waals surface area contributed by atoms with Gasteiger partial charge in [-0.15, -0.1) is 0 Å². The van der Waals surface area contributed by atoms with Crippen molar-refractivity contribution in [1.82, 2.24) is 29.1 Å². The number of fused-ring (bicyclic) bond motifs is 2. The molecule has 4 aromatic rings. The van der Waals surface area contributed by atoms with Gasteiger partial charge in [-0.1, -0.05) is 6.08 Å². The SMILES string of the molecule is Cc1cc2ncnn2cc1Nc1ncc2c(n1)c(C1=CCOCC1)cn2C. The lowest BCUT2D eigenvalue weighted by Crippen LogP contribution is -2.04. The maximum atomic E-state index is 5.44. The summed E-state index contributed by atoms with van der Waals surface area (Å²) in [4.78, 5) is 13.5. The van der Waals surface area contributed by atoms with Crippen molar-refractivity contribution in [3.63, 3.8) is 0 Å². The fraction of sp³-hybridized carbons (Fsp3) is 0.263. The molecule has 0 bridgehead atoms. The van der Waals surface area contributed by atoms with E-state index < -0.39 is 0 Å². The maximum absolute atomic E-state index is 5.44. The summed E-state index contributed by atoms with van der Waals surface area (Å²) in [6.45, 7) is 3.42. The Bertz CT molecular complexity index is 1190. The number of rotatable bonds is 3. The molecule has 5 rings (SSSR count). The van der Waals surface area contributed by atoms with Crippen molar-refractivity contribution < 1.29 is 4.74 Å². The number of anilines is 2. The molecule has 1 aliphatic rings. The number of pyridine rings is 1. The van der Waals surface area contributed by atoms with Crippen molar-refractivity contribution in [2.75, 3.05) is 18.5 Å². The molecule has 1 N–H and O–H groups in total. The number of nitrogens with one attached hydrogen (secondary N) is 1. The van der Waals surface area contributed by atoms with Crippen molar-refractivity contribution >= 4 is 33.9 Å². The summed E-state index contributed by atoms with van der Waals surface area (Å²) in [5.41, 5.74) is 7.14. The zero-order valence-electron chi connectivity index (χ0n) is 15.2. The van der Waals surface area contributed by atoms with Crippen LogP contribution in [0, 0.1) is 6.92 Å². The van der Waals surface area contributed by atoms with E-state index in [2.05, 4.69) is 37.2 Å². The molecule has 0 aromatic carbocycles. The van der Waals surface area contributed by atoms with Gasteiger partial charge in [0.25, 0.3) is 0 Å². The highest BCUT2D eigenvalue weighted by Gasteiger charge is 2.16. The van der Waals surface area contributed by atoms with Crippen molar-refractivity contribution in [2.24, 2.45) is 7.05 Å². The number of aryl methyl sites for hydroxylation is 2. The molecule has 8 heteroatoms. The van der Waals surface area contributed by atoms with Crippen molar-refractivity contribution in [3.05, 3.63) is 48.2 Å². The molecular weight excluding hydrogens is 342 g/mol. The number of nitrogens with zero attached hydrogens (tertiary/aromatic N) is 6. The molecular formula is C19H19N7O. The van der Waals surface area contributed by atoms with Gasteiger partial charge in [0.15, 0.2) is 5.65 Å². The highest BCUT2D eigenvalue weighted by atomic mass is 16.5. The first-order valence-electron chi connectivity index (χ1n) is 8.85. The predicted molar refractivity (Wildman–Crippen MR) is 103 cm³/mol. The van der Waals surface area contributed by atoms with Gasteiger partial charge in [0, 0.05) is 18.8 Å². The molecule has 8 nitrogen and oxygen atoms in total. The van der Waals surface area contributed by atoms with Crippen LogP contribution in [0.15, 0.2) is 37.1 Å². The Morgan fingerprint density at radius 3 is 3.00 bits per heavy atom. The van der Waals surface area contributed by atoms with Crippen LogP contribution in [0.3, 0.4) is 0 Å². The van der Waals surface area contributed by atoms with Crippen molar-refractivity contribution in [1.29, 1.82) is 0 Å². The van der Waals surface area contributed by atoms with Crippen LogP contribution in [0.4, 0.5) is 11.6 Å². The monoisotopic (exact) mass is 361 g/mol. The summed E-state index contributed by atoms with van der Waals surface area (Å²) >= 11 is 0. The van der Waals surface area contributed by atoms with Gasteiger partial charge in [-0.25, -0.2) is 19.5 Å². The molecule has 5 heterocycles. The summed E-state index contributed by atoms with van der Waals surface area (Å²) in [6.07, 6.45) is 10.5. The Labute approximate surface area is 155 Å². The molecule has 0 saturated heterocycles. The van der Waals surface area contributed by atoms with Gasteiger partial charge in [0.1, 0.15) is 11.8 Å². The van der Waals surface area contributed by atoms with Gasteiger partial charge in [0.2, 0.25) is 5.95 Å². The predicted octanol–water partition coefficient (Wildman–Crippen LogP) is 2.87. The molecule has 27 heavy (non-hydrogen) atoms. The van der Waals surface area contributed by atoms with Crippen LogP contribution in [0.2, 0.25) is 0 Å². The first-order chi connectivity index (χ1) is 13.2. The maximum Gasteiger partial charge on any atom is 0.227 e. The second kappa shape index (κ2) is 6.17. The summed E-state index contributed by atoms with van der Waals surface area (Å²) in [7, 11) is 2.02. The number of ether oxygens (including phenoxy) is 1. The Morgan fingerprint density at radius 2 is 2.15 bits per heavy atom. The van der Waals surface area contributed by atoms with Gasteiger partial charge < -0.3 is 14.6 Å². The second-order valence-corrected chi connectivity index (χ2v) is 6.69. The molecule has 0 saturated carbocycles. The van der Waals surface area contributed by atoms with Gasteiger partial charge in [-0.3, -0.25) is 0 Å². The van der Waals surface area contributed by atoms with Crippen molar-refractivity contribution in [2.45, 2.75) is 13.3 Å². The van der Waals surface area contributed by atoms with Crippen LogP contribution in [0.5, 0.6) is 0 Å². The minimum atomic E-state index is 0.560. The van der Waals surface area contributed by atoms with E-state index in [9.17, 15) is 0 Å². The Hall–Kier alpha value is -3.26. The zero-order valence-corrected chi connectivity index (χ0v) is 15.2. The van der Waals surface area contributed by atoms with Crippen LogP contribution in [-0.2, 0) is 11.8 Å². The molecule has 0 fully saturated rings. The third-order valence-corrected chi connectivity index (χ3v) is 4.91. The van der Waals surface area contributed by atoms with E-state index in [0.717, 1.165) is 46.5 Å². The molecule has 0 atom stereocenters. The van der Waals surface area contributed by atoms with E-state index in [1.165, 1.54) is 5.57 Å². The first-order valence-corrected chi connectivity index (χ1v) is 8.85. The second-order valence-electron chi connectivity index (χ2n) is 6.69. The molecule has 0 radical (unpaired) electrons. The van der Waals surface area contributed by atoms with E-state index >= 15 is 0 Å². The minimum Gasteiger partial charge on any atom is -0.377 e. The average Bonchev–Trinajstić information content (AvgIpc) is 3.26. The Kier molecular flexibility index (Phi) is 3.64. The molecule has 4 aromatic heterocycles.